The number of imide groups is 1. The van der Waals surface area contributed by atoms with Crippen molar-refractivity contribution in [3.63, 3.8) is 0 Å². The molecule has 3 aliphatic rings. The maximum absolute atomic E-state index is 13.3. The number of amides is 3. The van der Waals surface area contributed by atoms with E-state index in [0.29, 0.717) is 11.4 Å². The fourth-order valence-electron chi connectivity index (χ4n) is 4.72. The van der Waals surface area contributed by atoms with Gasteiger partial charge in [0.1, 0.15) is 6.04 Å². The Bertz CT molecular complexity index is 923. The highest BCUT2D eigenvalue weighted by Crippen LogP contribution is 2.50. The molecule has 0 radical (unpaired) electrons. The van der Waals surface area contributed by atoms with E-state index in [-0.39, 0.29) is 22.9 Å². The smallest absolute Gasteiger partial charge is 0.299 e. The Kier molecular flexibility index (Phi) is 4.63. The van der Waals surface area contributed by atoms with Crippen molar-refractivity contribution in [1.82, 2.24) is 9.80 Å². The van der Waals surface area contributed by atoms with Crippen molar-refractivity contribution in [2.45, 2.75) is 37.2 Å². The van der Waals surface area contributed by atoms with Crippen LogP contribution in [-0.4, -0.2) is 51.5 Å². The van der Waals surface area contributed by atoms with Gasteiger partial charge in [-0.15, -0.1) is 11.8 Å². The molecular formula is C23H25N3O2S. The molecule has 0 aliphatic carbocycles. The summed E-state index contributed by atoms with van der Waals surface area (Å²) in [5, 5.41) is 0. The molecule has 1 atom stereocenters. The van der Waals surface area contributed by atoms with Gasteiger partial charge in [0, 0.05) is 25.4 Å². The minimum absolute atomic E-state index is 0.0741. The fourth-order valence-corrected chi connectivity index (χ4v) is 6.30. The summed E-state index contributed by atoms with van der Waals surface area (Å²) in [4.78, 5) is 31.9. The number of benzene rings is 2. The molecule has 3 amide bonds. The number of carbonyl (C=O) groups excluding carboxylic acids is 2. The summed E-state index contributed by atoms with van der Waals surface area (Å²) in [5.74, 6) is 0.626. The highest BCUT2D eigenvalue weighted by Gasteiger charge is 2.60. The van der Waals surface area contributed by atoms with Crippen molar-refractivity contribution < 1.29 is 9.59 Å². The van der Waals surface area contributed by atoms with Gasteiger partial charge in [-0.1, -0.05) is 48.0 Å². The van der Waals surface area contributed by atoms with Crippen LogP contribution in [0.2, 0.25) is 0 Å². The minimum atomic E-state index is -0.325. The van der Waals surface area contributed by atoms with Crippen LogP contribution < -0.4 is 4.90 Å². The van der Waals surface area contributed by atoms with E-state index in [1.165, 1.54) is 10.5 Å². The van der Waals surface area contributed by atoms with Gasteiger partial charge in [-0.25, -0.2) is 9.69 Å². The lowest BCUT2D eigenvalue weighted by Gasteiger charge is -2.43. The van der Waals surface area contributed by atoms with Crippen LogP contribution >= 0.6 is 11.8 Å². The average Bonchev–Trinajstić information content (AvgIpc) is 3.22. The van der Waals surface area contributed by atoms with E-state index in [2.05, 4.69) is 29.2 Å². The molecule has 2 aromatic rings. The number of rotatable bonds is 3. The van der Waals surface area contributed by atoms with Crippen molar-refractivity contribution in [1.29, 1.82) is 0 Å². The van der Waals surface area contributed by atoms with Crippen LogP contribution in [0.15, 0.2) is 54.6 Å². The molecule has 3 heterocycles. The van der Waals surface area contributed by atoms with Gasteiger partial charge in [0.05, 0.1) is 10.6 Å². The van der Waals surface area contributed by atoms with Gasteiger partial charge in [0.25, 0.3) is 5.91 Å². The summed E-state index contributed by atoms with van der Waals surface area (Å²) < 4.78 is 0. The van der Waals surface area contributed by atoms with Crippen molar-refractivity contribution >= 4 is 29.4 Å². The third kappa shape index (κ3) is 3.15. The second kappa shape index (κ2) is 7.18. The van der Waals surface area contributed by atoms with Crippen molar-refractivity contribution in [3.05, 3.63) is 65.7 Å². The quantitative estimate of drug-likeness (QED) is 0.725. The predicted molar refractivity (Wildman–Crippen MR) is 116 cm³/mol. The number of thioether (sulfide) groups is 1. The molecule has 0 saturated carbocycles. The van der Waals surface area contributed by atoms with Crippen molar-refractivity contribution in [3.8, 4) is 0 Å². The van der Waals surface area contributed by atoms with E-state index in [4.69, 9.17) is 0 Å². The molecule has 0 bridgehead atoms. The zero-order valence-corrected chi connectivity index (χ0v) is 17.4. The first-order valence-electron chi connectivity index (χ1n) is 10.2. The van der Waals surface area contributed by atoms with Crippen LogP contribution in [-0.2, 0) is 11.3 Å². The van der Waals surface area contributed by atoms with Gasteiger partial charge in [-0.2, -0.15) is 0 Å². The molecule has 0 aromatic heterocycles. The van der Waals surface area contributed by atoms with Crippen molar-refractivity contribution in [2.75, 3.05) is 23.7 Å². The number of anilines is 1. The van der Waals surface area contributed by atoms with Gasteiger partial charge in [0.2, 0.25) is 0 Å². The van der Waals surface area contributed by atoms with E-state index < -0.39 is 0 Å². The van der Waals surface area contributed by atoms with Gasteiger partial charge < -0.3 is 0 Å². The van der Waals surface area contributed by atoms with Crippen molar-refractivity contribution in [2.24, 2.45) is 0 Å². The van der Waals surface area contributed by atoms with Crippen LogP contribution in [0, 0.1) is 6.92 Å². The molecule has 3 aliphatic heterocycles. The summed E-state index contributed by atoms with van der Waals surface area (Å²) in [6, 6.07) is 17.7. The third-order valence-corrected chi connectivity index (χ3v) is 7.97. The van der Waals surface area contributed by atoms with Gasteiger partial charge in [-0.3, -0.25) is 14.6 Å². The zero-order valence-electron chi connectivity index (χ0n) is 16.6. The maximum Gasteiger partial charge on any atom is 0.333 e. The Morgan fingerprint density at radius 1 is 1.00 bits per heavy atom. The maximum atomic E-state index is 13.3. The molecule has 3 fully saturated rings. The molecule has 1 spiro atoms. The van der Waals surface area contributed by atoms with Gasteiger partial charge in [0.15, 0.2) is 0 Å². The number of carbonyl (C=O) groups is 2. The number of hydrogen-bond acceptors (Lipinski definition) is 4. The molecule has 0 unspecified atom stereocenters. The highest BCUT2D eigenvalue weighted by molar-refractivity contribution is 8.01. The topological polar surface area (TPSA) is 43.9 Å². The largest absolute Gasteiger partial charge is 0.333 e. The fraction of sp³-hybridized carbons (Fsp3) is 0.391. The monoisotopic (exact) mass is 407 g/mol. The molecule has 150 valence electrons. The van der Waals surface area contributed by atoms with E-state index >= 15 is 0 Å². The summed E-state index contributed by atoms with van der Waals surface area (Å²) >= 11 is 1.80. The first-order chi connectivity index (χ1) is 14.1. The van der Waals surface area contributed by atoms with E-state index in [0.717, 1.165) is 38.0 Å². The Balaban J connectivity index is 1.32. The lowest BCUT2D eigenvalue weighted by Crippen LogP contribution is -2.53. The van der Waals surface area contributed by atoms with Gasteiger partial charge in [-0.05, 0) is 37.5 Å². The second-order valence-corrected chi connectivity index (χ2v) is 9.58. The molecule has 2 aromatic carbocycles. The number of hydrogen-bond donors (Lipinski definition) is 0. The van der Waals surface area contributed by atoms with Crippen LogP contribution in [0.25, 0.3) is 0 Å². The van der Waals surface area contributed by atoms with Crippen LogP contribution in [0.3, 0.4) is 0 Å². The van der Waals surface area contributed by atoms with Crippen LogP contribution in [0.5, 0.6) is 0 Å². The number of likely N-dealkylation sites (tertiary alicyclic amines) is 1. The second-order valence-electron chi connectivity index (χ2n) is 8.20. The minimum Gasteiger partial charge on any atom is -0.299 e. The number of fused-ring (bicyclic) bond motifs is 2. The van der Waals surface area contributed by atoms with Crippen LogP contribution in [0.4, 0.5) is 10.5 Å². The summed E-state index contributed by atoms with van der Waals surface area (Å²) in [5.41, 5.74) is 3.12. The summed E-state index contributed by atoms with van der Waals surface area (Å²) in [7, 11) is 0. The Labute approximate surface area is 175 Å². The van der Waals surface area contributed by atoms with E-state index in [1.54, 1.807) is 11.8 Å². The van der Waals surface area contributed by atoms with E-state index in [9.17, 15) is 9.59 Å². The molecular weight excluding hydrogens is 382 g/mol. The third-order valence-electron chi connectivity index (χ3n) is 6.34. The van der Waals surface area contributed by atoms with Gasteiger partial charge >= 0.3 is 6.03 Å². The lowest BCUT2D eigenvalue weighted by molar-refractivity contribution is -0.119. The lowest BCUT2D eigenvalue weighted by atomic mass is 10.0. The summed E-state index contributed by atoms with van der Waals surface area (Å²) in [6.45, 7) is 4.83. The van der Waals surface area contributed by atoms with E-state index in [1.807, 2.05) is 42.2 Å². The Morgan fingerprint density at radius 2 is 1.69 bits per heavy atom. The SMILES string of the molecule is Cc1ccc(N2C(=O)[C@@H]3CSC4(CCN(Cc5ccccc5)CC4)N3C2=O)cc1. The van der Waals surface area contributed by atoms with Crippen LogP contribution in [0.1, 0.15) is 24.0 Å². The first kappa shape index (κ1) is 18.7. The molecule has 5 nitrogen and oxygen atoms in total. The highest BCUT2D eigenvalue weighted by atomic mass is 32.2. The molecule has 5 rings (SSSR count). The average molecular weight is 408 g/mol. The summed E-state index contributed by atoms with van der Waals surface area (Å²) in [6.07, 6.45) is 1.81. The molecule has 29 heavy (non-hydrogen) atoms. The Hall–Kier alpha value is -2.31. The number of nitrogens with zero attached hydrogens (tertiary/aromatic N) is 3. The number of piperidine rings is 1. The molecule has 0 N–H and O–H groups in total. The first-order valence-corrected chi connectivity index (χ1v) is 11.2. The normalized spacial score (nSPS) is 23.8. The molecule has 6 heteroatoms. The molecule has 3 saturated heterocycles. The standard InChI is InChI=1S/C23H25N3O2S/c1-17-7-9-19(10-8-17)25-21(27)20-16-29-23(26(20)22(25)28)11-13-24(14-12-23)15-18-5-3-2-4-6-18/h2-10,20H,11-16H2,1H3/t20-/m0/s1. The zero-order chi connectivity index (χ0) is 20.0. The Morgan fingerprint density at radius 3 is 2.38 bits per heavy atom. The predicted octanol–water partition coefficient (Wildman–Crippen LogP) is 3.87. The number of aryl methyl sites for hydroxylation is 1. The number of urea groups is 1.